The molecule has 6 nitrogen and oxygen atoms in total. The lowest BCUT2D eigenvalue weighted by Crippen LogP contribution is -2.42. The molecule has 0 aromatic heterocycles. The van der Waals surface area contributed by atoms with Gasteiger partial charge in [0.2, 0.25) is 11.8 Å². The van der Waals surface area contributed by atoms with Gasteiger partial charge in [0, 0.05) is 13.6 Å². The molecule has 0 heterocycles. The first-order valence-corrected chi connectivity index (χ1v) is 8.70. The summed E-state index contributed by atoms with van der Waals surface area (Å²) in [5.74, 6) is -1.49. The zero-order valence-corrected chi connectivity index (χ0v) is 16.0. The number of hydrogen-bond acceptors (Lipinski definition) is 4. The highest BCUT2D eigenvalue weighted by molar-refractivity contribution is 5.83. The summed E-state index contributed by atoms with van der Waals surface area (Å²) in [6.07, 6.45) is 0. The summed E-state index contributed by atoms with van der Waals surface area (Å²) in [4.78, 5) is 27.3. The van der Waals surface area contributed by atoms with E-state index in [-0.39, 0.29) is 24.7 Å². The first kappa shape index (κ1) is 22.2. The van der Waals surface area contributed by atoms with Gasteiger partial charge >= 0.3 is 6.61 Å². The molecule has 2 rings (SSSR count). The Morgan fingerprint density at radius 3 is 2.31 bits per heavy atom. The van der Waals surface area contributed by atoms with E-state index in [1.165, 1.54) is 40.1 Å². The monoisotopic (exact) mass is 409 g/mol. The summed E-state index contributed by atoms with van der Waals surface area (Å²) in [6, 6.07) is 10.4. The van der Waals surface area contributed by atoms with Crippen LogP contribution >= 0.6 is 0 Å². The largest absolute Gasteiger partial charge is 0.435 e. The predicted molar refractivity (Wildman–Crippen MR) is 101 cm³/mol. The molecule has 0 bridgehead atoms. The van der Waals surface area contributed by atoms with E-state index in [0.29, 0.717) is 11.1 Å². The standard InChI is InChI=1S/C20H22F3N3O3/c1-25(11-13-6-8-16(9-7-13)29-20(22)23)17(27)12-26(2)18(19(24)28)14-4-3-5-15(21)10-14/h3-10,18,20H,11-12H2,1-2H3,(H2,24,28). The molecule has 9 heteroatoms. The van der Waals surface area contributed by atoms with Crippen LogP contribution in [-0.2, 0) is 16.1 Å². The highest BCUT2D eigenvalue weighted by atomic mass is 19.3. The number of primary amides is 1. The second-order valence-electron chi connectivity index (χ2n) is 6.55. The maximum atomic E-state index is 13.5. The lowest BCUT2D eigenvalue weighted by Gasteiger charge is -2.27. The summed E-state index contributed by atoms with van der Waals surface area (Å²) < 4.78 is 42.2. The summed E-state index contributed by atoms with van der Waals surface area (Å²) in [7, 11) is 3.11. The normalized spacial score (nSPS) is 12.1. The fraction of sp³-hybridized carbons (Fsp3) is 0.300. The Bertz CT molecular complexity index is 846. The Balaban J connectivity index is 2.00. The van der Waals surface area contributed by atoms with Gasteiger partial charge in [-0.2, -0.15) is 8.78 Å². The SMILES string of the molecule is CN(Cc1ccc(OC(F)F)cc1)C(=O)CN(C)C(C(N)=O)c1cccc(F)c1. The molecule has 29 heavy (non-hydrogen) atoms. The summed E-state index contributed by atoms with van der Waals surface area (Å²) >= 11 is 0. The topological polar surface area (TPSA) is 75.9 Å². The number of alkyl halides is 2. The fourth-order valence-electron chi connectivity index (χ4n) is 2.88. The minimum atomic E-state index is -2.91. The Morgan fingerprint density at radius 2 is 1.76 bits per heavy atom. The Kier molecular flexibility index (Phi) is 7.60. The van der Waals surface area contributed by atoms with Gasteiger partial charge in [-0.25, -0.2) is 4.39 Å². The molecule has 0 spiro atoms. The predicted octanol–water partition coefficient (Wildman–Crippen LogP) is 2.54. The van der Waals surface area contributed by atoms with Crippen molar-refractivity contribution < 1.29 is 27.5 Å². The molecule has 0 fully saturated rings. The van der Waals surface area contributed by atoms with E-state index in [9.17, 15) is 22.8 Å². The molecule has 0 aliphatic rings. The smallest absolute Gasteiger partial charge is 0.387 e. The van der Waals surface area contributed by atoms with Gasteiger partial charge in [-0.05, 0) is 42.4 Å². The zero-order valence-electron chi connectivity index (χ0n) is 16.0. The molecule has 0 saturated heterocycles. The molecule has 0 radical (unpaired) electrons. The van der Waals surface area contributed by atoms with E-state index < -0.39 is 24.4 Å². The molecule has 0 saturated carbocycles. The van der Waals surface area contributed by atoms with Crippen LogP contribution in [-0.4, -0.2) is 48.9 Å². The molecule has 2 aromatic rings. The first-order valence-electron chi connectivity index (χ1n) is 8.70. The maximum Gasteiger partial charge on any atom is 0.387 e. The van der Waals surface area contributed by atoms with Gasteiger partial charge in [-0.1, -0.05) is 24.3 Å². The number of carbonyl (C=O) groups excluding carboxylic acids is 2. The Hall–Kier alpha value is -3.07. The average molecular weight is 409 g/mol. The number of carbonyl (C=O) groups is 2. The van der Waals surface area contributed by atoms with Crippen molar-refractivity contribution in [3.8, 4) is 5.75 Å². The molecular formula is C20H22F3N3O3. The second kappa shape index (κ2) is 9.92. The van der Waals surface area contributed by atoms with E-state index >= 15 is 0 Å². The van der Waals surface area contributed by atoms with E-state index in [1.54, 1.807) is 32.3 Å². The minimum Gasteiger partial charge on any atom is -0.435 e. The molecule has 2 aromatic carbocycles. The number of rotatable bonds is 9. The first-order chi connectivity index (χ1) is 13.7. The second-order valence-corrected chi connectivity index (χ2v) is 6.55. The lowest BCUT2D eigenvalue weighted by molar-refractivity contribution is -0.133. The third-order valence-electron chi connectivity index (χ3n) is 4.25. The quantitative estimate of drug-likeness (QED) is 0.691. The van der Waals surface area contributed by atoms with Crippen LogP contribution in [0.5, 0.6) is 5.75 Å². The van der Waals surface area contributed by atoms with Gasteiger partial charge in [0.25, 0.3) is 0 Å². The number of ether oxygens (including phenoxy) is 1. The van der Waals surface area contributed by atoms with Crippen LogP contribution in [0.3, 0.4) is 0 Å². The van der Waals surface area contributed by atoms with E-state index in [4.69, 9.17) is 5.73 Å². The van der Waals surface area contributed by atoms with Gasteiger partial charge in [0.05, 0.1) is 6.54 Å². The number of nitrogens with zero attached hydrogens (tertiary/aromatic N) is 2. The van der Waals surface area contributed by atoms with Crippen LogP contribution < -0.4 is 10.5 Å². The summed E-state index contributed by atoms with van der Waals surface area (Å²) in [6.45, 7) is -2.81. The molecule has 2 amide bonds. The number of benzene rings is 2. The molecule has 1 atom stereocenters. The number of amides is 2. The average Bonchev–Trinajstić information content (AvgIpc) is 2.62. The van der Waals surface area contributed by atoms with Gasteiger partial charge in [0.1, 0.15) is 17.6 Å². The van der Waals surface area contributed by atoms with E-state index in [0.717, 1.165) is 0 Å². The Morgan fingerprint density at radius 1 is 1.10 bits per heavy atom. The zero-order chi connectivity index (χ0) is 21.6. The highest BCUT2D eigenvalue weighted by Gasteiger charge is 2.26. The van der Waals surface area contributed by atoms with Crippen LogP contribution in [0.25, 0.3) is 0 Å². The lowest BCUT2D eigenvalue weighted by atomic mass is 10.0. The van der Waals surface area contributed by atoms with Crippen molar-refractivity contribution in [2.75, 3.05) is 20.6 Å². The Labute approximate surface area is 166 Å². The van der Waals surface area contributed by atoms with Crippen LogP contribution in [0.2, 0.25) is 0 Å². The number of hydrogen-bond donors (Lipinski definition) is 1. The molecule has 1 unspecified atom stereocenters. The van der Waals surface area contributed by atoms with Crippen molar-refractivity contribution in [2.24, 2.45) is 5.73 Å². The van der Waals surface area contributed by atoms with E-state index in [1.807, 2.05) is 0 Å². The van der Waals surface area contributed by atoms with Gasteiger partial charge in [0.15, 0.2) is 0 Å². The van der Waals surface area contributed by atoms with Gasteiger partial charge < -0.3 is 15.4 Å². The minimum absolute atomic E-state index is 0.0249. The summed E-state index contributed by atoms with van der Waals surface area (Å²) in [5, 5.41) is 0. The fourth-order valence-corrected chi connectivity index (χ4v) is 2.88. The van der Waals surface area contributed by atoms with Crippen molar-refractivity contribution in [3.05, 3.63) is 65.5 Å². The number of likely N-dealkylation sites (N-methyl/N-ethyl adjacent to an activating group) is 2. The van der Waals surface area contributed by atoms with E-state index in [2.05, 4.69) is 4.74 Å². The van der Waals surface area contributed by atoms with Crippen LogP contribution in [0.15, 0.2) is 48.5 Å². The van der Waals surface area contributed by atoms with Crippen molar-refractivity contribution >= 4 is 11.8 Å². The van der Waals surface area contributed by atoms with Crippen LogP contribution in [0, 0.1) is 5.82 Å². The van der Waals surface area contributed by atoms with Crippen LogP contribution in [0.1, 0.15) is 17.2 Å². The van der Waals surface area contributed by atoms with Crippen molar-refractivity contribution in [1.29, 1.82) is 0 Å². The van der Waals surface area contributed by atoms with Crippen molar-refractivity contribution in [2.45, 2.75) is 19.2 Å². The molecular weight excluding hydrogens is 387 g/mol. The van der Waals surface area contributed by atoms with Gasteiger partial charge in [-0.3, -0.25) is 14.5 Å². The third kappa shape index (κ3) is 6.49. The number of halogens is 3. The molecule has 156 valence electrons. The highest BCUT2D eigenvalue weighted by Crippen LogP contribution is 2.20. The number of nitrogens with two attached hydrogens (primary N) is 1. The molecule has 2 N–H and O–H groups in total. The third-order valence-corrected chi connectivity index (χ3v) is 4.25. The molecule has 0 aliphatic carbocycles. The van der Waals surface area contributed by atoms with Crippen LogP contribution in [0.4, 0.5) is 13.2 Å². The molecule has 0 aliphatic heterocycles. The van der Waals surface area contributed by atoms with Gasteiger partial charge in [-0.15, -0.1) is 0 Å². The van der Waals surface area contributed by atoms with Crippen molar-refractivity contribution in [3.63, 3.8) is 0 Å². The maximum absolute atomic E-state index is 13.5. The summed E-state index contributed by atoms with van der Waals surface area (Å²) in [5.41, 5.74) is 6.51. The van der Waals surface area contributed by atoms with Crippen molar-refractivity contribution in [1.82, 2.24) is 9.80 Å².